The maximum Gasteiger partial charge on any atom is 0.303 e. The minimum absolute atomic E-state index is 0.00298. The predicted octanol–water partition coefficient (Wildman–Crippen LogP) is 2.40. The molecular formula is C18H25NO4. The topological polar surface area (TPSA) is 75.6 Å². The zero-order chi connectivity index (χ0) is 16.5. The quantitative estimate of drug-likeness (QED) is 0.733. The summed E-state index contributed by atoms with van der Waals surface area (Å²) in [5, 5.41) is 11.9. The van der Waals surface area contributed by atoms with E-state index < -0.39 is 5.97 Å². The van der Waals surface area contributed by atoms with Gasteiger partial charge in [0.15, 0.2) is 0 Å². The Kier molecular flexibility index (Phi) is 7.07. The van der Waals surface area contributed by atoms with E-state index in [2.05, 4.69) is 5.32 Å². The summed E-state index contributed by atoms with van der Waals surface area (Å²) < 4.78 is 5.32. The van der Waals surface area contributed by atoms with Crippen LogP contribution >= 0.6 is 0 Å². The molecule has 2 rings (SSSR count). The van der Waals surface area contributed by atoms with Crippen molar-refractivity contribution in [1.82, 2.24) is 5.32 Å². The maximum absolute atomic E-state index is 12.1. The summed E-state index contributed by atoms with van der Waals surface area (Å²) in [4.78, 5) is 23.0. The van der Waals surface area contributed by atoms with Gasteiger partial charge in [-0.3, -0.25) is 9.59 Å². The fraction of sp³-hybridized carbons (Fsp3) is 0.556. The minimum atomic E-state index is -0.833. The molecule has 0 radical (unpaired) electrons. The van der Waals surface area contributed by atoms with E-state index in [0.717, 1.165) is 31.6 Å². The van der Waals surface area contributed by atoms with E-state index in [1.165, 1.54) is 0 Å². The van der Waals surface area contributed by atoms with Crippen molar-refractivity contribution < 1.29 is 19.4 Å². The second-order valence-corrected chi connectivity index (χ2v) is 6.15. The van der Waals surface area contributed by atoms with E-state index >= 15 is 0 Å². The van der Waals surface area contributed by atoms with Gasteiger partial charge < -0.3 is 15.2 Å². The van der Waals surface area contributed by atoms with Gasteiger partial charge in [-0.25, -0.2) is 0 Å². The third-order valence-corrected chi connectivity index (χ3v) is 4.20. The molecular weight excluding hydrogens is 294 g/mol. The lowest BCUT2D eigenvalue weighted by Gasteiger charge is -2.19. The molecule has 1 saturated heterocycles. The monoisotopic (exact) mass is 319 g/mol. The number of benzene rings is 1. The molecule has 0 spiro atoms. The maximum atomic E-state index is 12.1. The molecule has 2 atom stereocenters. The van der Waals surface area contributed by atoms with Crippen LogP contribution in [0.5, 0.6) is 0 Å². The number of carboxylic acids is 1. The third kappa shape index (κ3) is 6.82. The molecule has 1 heterocycles. The van der Waals surface area contributed by atoms with Crippen LogP contribution in [0.25, 0.3) is 0 Å². The summed E-state index contributed by atoms with van der Waals surface area (Å²) >= 11 is 0. The minimum Gasteiger partial charge on any atom is -0.481 e. The molecule has 1 fully saturated rings. The Morgan fingerprint density at radius 2 is 2.04 bits per heavy atom. The second-order valence-electron chi connectivity index (χ2n) is 6.15. The number of amides is 1. The average molecular weight is 319 g/mol. The summed E-state index contributed by atoms with van der Waals surface area (Å²) in [6.45, 7) is 1.54. The van der Waals surface area contributed by atoms with Crippen molar-refractivity contribution >= 4 is 11.9 Å². The lowest BCUT2D eigenvalue weighted by atomic mass is 10.00. The van der Waals surface area contributed by atoms with Crippen molar-refractivity contribution in [2.24, 2.45) is 5.92 Å². The van der Waals surface area contributed by atoms with Gasteiger partial charge in [-0.1, -0.05) is 30.3 Å². The molecule has 0 bridgehead atoms. The van der Waals surface area contributed by atoms with E-state index in [1.807, 2.05) is 30.3 Å². The molecule has 5 nitrogen and oxygen atoms in total. The first kappa shape index (κ1) is 17.5. The third-order valence-electron chi connectivity index (χ3n) is 4.20. The molecule has 23 heavy (non-hydrogen) atoms. The van der Waals surface area contributed by atoms with Crippen LogP contribution in [0.4, 0.5) is 0 Å². The highest BCUT2D eigenvalue weighted by Gasteiger charge is 2.19. The van der Waals surface area contributed by atoms with Crippen molar-refractivity contribution in [3.63, 3.8) is 0 Å². The van der Waals surface area contributed by atoms with Gasteiger partial charge in [0.2, 0.25) is 5.91 Å². The Hall–Kier alpha value is -1.88. The molecule has 1 aromatic rings. The van der Waals surface area contributed by atoms with Gasteiger partial charge in [0.25, 0.3) is 0 Å². The van der Waals surface area contributed by atoms with E-state index in [1.54, 1.807) is 0 Å². The Bertz CT molecular complexity index is 497. The molecule has 0 aliphatic carbocycles. The Balaban J connectivity index is 1.82. The normalized spacial score (nSPS) is 18.5. The Labute approximate surface area is 137 Å². The van der Waals surface area contributed by atoms with Crippen LogP contribution in [0.2, 0.25) is 0 Å². The number of carboxylic acid groups (broad SMARTS) is 1. The first-order valence-electron chi connectivity index (χ1n) is 8.26. The number of nitrogens with one attached hydrogen (secondary N) is 1. The van der Waals surface area contributed by atoms with Gasteiger partial charge >= 0.3 is 5.97 Å². The fourth-order valence-electron chi connectivity index (χ4n) is 2.87. The largest absolute Gasteiger partial charge is 0.481 e. The first-order chi connectivity index (χ1) is 11.1. The number of hydrogen-bond donors (Lipinski definition) is 2. The number of carbonyl (C=O) groups excluding carboxylic acids is 1. The molecule has 0 aromatic heterocycles. The molecule has 0 saturated carbocycles. The zero-order valence-electron chi connectivity index (χ0n) is 13.4. The van der Waals surface area contributed by atoms with Crippen LogP contribution in [0.1, 0.15) is 37.7 Å². The highest BCUT2D eigenvalue weighted by atomic mass is 16.5. The summed E-state index contributed by atoms with van der Waals surface area (Å²) in [5.74, 6) is -0.351. The lowest BCUT2D eigenvalue weighted by molar-refractivity contribution is -0.137. The van der Waals surface area contributed by atoms with E-state index in [9.17, 15) is 9.59 Å². The molecule has 1 aliphatic rings. The van der Waals surface area contributed by atoms with Crippen molar-refractivity contribution in [2.75, 3.05) is 13.2 Å². The van der Waals surface area contributed by atoms with Crippen molar-refractivity contribution in [3.8, 4) is 0 Å². The van der Waals surface area contributed by atoms with Crippen molar-refractivity contribution in [3.05, 3.63) is 35.9 Å². The smallest absolute Gasteiger partial charge is 0.303 e. The molecule has 1 aromatic carbocycles. The van der Waals surface area contributed by atoms with Crippen LogP contribution in [0.15, 0.2) is 30.3 Å². The summed E-state index contributed by atoms with van der Waals surface area (Å²) in [7, 11) is 0. The predicted molar refractivity (Wildman–Crippen MR) is 87.1 cm³/mol. The Morgan fingerprint density at radius 1 is 1.26 bits per heavy atom. The van der Waals surface area contributed by atoms with Crippen molar-refractivity contribution in [1.29, 1.82) is 0 Å². The van der Waals surface area contributed by atoms with Gasteiger partial charge in [0, 0.05) is 32.1 Å². The molecule has 5 heteroatoms. The van der Waals surface area contributed by atoms with E-state index in [0.29, 0.717) is 25.2 Å². The highest BCUT2D eigenvalue weighted by molar-refractivity contribution is 5.76. The Morgan fingerprint density at radius 3 is 2.70 bits per heavy atom. The van der Waals surface area contributed by atoms with Gasteiger partial charge in [-0.15, -0.1) is 0 Å². The molecule has 1 amide bonds. The number of aliphatic carboxylic acids is 1. The highest BCUT2D eigenvalue weighted by Crippen LogP contribution is 2.18. The summed E-state index contributed by atoms with van der Waals surface area (Å²) in [6.07, 6.45) is 3.51. The molecule has 1 aliphatic heterocycles. The fourth-order valence-corrected chi connectivity index (χ4v) is 2.87. The van der Waals surface area contributed by atoms with Crippen LogP contribution in [0.3, 0.4) is 0 Å². The van der Waals surface area contributed by atoms with Crippen LogP contribution in [-0.4, -0.2) is 36.2 Å². The average Bonchev–Trinajstić information content (AvgIpc) is 3.05. The zero-order valence-corrected chi connectivity index (χ0v) is 13.4. The van der Waals surface area contributed by atoms with Crippen LogP contribution < -0.4 is 5.32 Å². The standard InChI is InChI=1S/C18H25NO4/c20-17(8-6-15-10-11-23-13-15)19-16(7-9-18(21)22)12-14-4-2-1-3-5-14/h1-5,15-16H,6-13H2,(H,19,20)(H,21,22). The van der Waals surface area contributed by atoms with Gasteiger partial charge in [-0.2, -0.15) is 0 Å². The van der Waals surface area contributed by atoms with Crippen LogP contribution in [-0.2, 0) is 20.7 Å². The SMILES string of the molecule is O=C(O)CCC(Cc1ccccc1)NC(=O)CCC1CCOC1. The number of rotatable bonds is 9. The van der Waals surface area contributed by atoms with Gasteiger partial charge in [0.1, 0.15) is 0 Å². The number of hydrogen-bond acceptors (Lipinski definition) is 3. The van der Waals surface area contributed by atoms with Gasteiger partial charge in [-0.05, 0) is 37.2 Å². The molecule has 2 N–H and O–H groups in total. The van der Waals surface area contributed by atoms with E-state index in [4.69, 9.17) is 9.84 Å². The van der Waals surface area contributed by atoms with Crippen LogP contribution in [0, 0.1) is 5.92 Å². The molecule has 126 valence electrons. The number of carbonyl (C=O) groups is 2. The van der Waals surface area contributed by atoms with Crippen molar-refractivity contribution in [2.45, 2.75) is 44.6 Å². The number of ether oxygens (including phenoxy) is 1. The summed E-state index contributed by atoms with van der Waals surface area (Å²) in [5.41, 5.74) is 1.10. The first-order valence-corrected chi connectivity index (χ1v) is 8.26. The van der Waals surface area contributed by atoms with Gasteiger partial charge in [0.05, 0.1) is 0 Å². The molecule has 2 unspecified atom stereocenters. The second kappa shape index (κ2) is 9.30. The lowest BCUT2D eigenvalue weighted by Crippen LogP contribution is -2.37. The summed E-state index contributed by atoms with van der Waals surface area (Å²) in [6, 6.07) is 9.70. The van der Waals surface area contributed by atoms with E-state index in [-0.39, 0.29) is 18.4 Å².